The lowest BCUT2D eigenvalue weighted by Crippen LogP contribution is -2.28. The zero-order valence-electron chi connectivity index (χ0n) is 13.9. The summed E-state index contributed by atoms with van der Waals surface area (Å²) in [4.78, 5) is 0. The van der Waals surface area contributed by atoms with Crippen LogP contribution in [0.15, 0.2) is 48.5 Å². The van der Waals surface area contributed by atoms with E-state index in [1.54, 1.807) is 7.11 Å². The molecule has 0 spiro atoms. The zero-order valence-corrected chi connectivity index (χ0v) is 14.8. The van der Waals surface area contributed by atoms with E-state index < -0.39 is 11.3 Å². The lowest BCUT2D eigenvalue weighted by atomic mass is 10.0. The van der Waals surface area contributed by atoms with Gasteiger partial charge in [0.1, 0.15) is 5.75 Å². The van der Waals surface area contributed by atoms with Gasteiger partial charge in [-0.1, -0.05) is 36.4 Å². The Morgan fingerprint density at radius 2 is 2.00 bits per heavy atom. The van der Waals surface area contributed by atoms with E-state index in [1.165, 1.54) is 11.1 Å². The van der Waals surface area contributed by atoms with Gasteiger partial charge in [0.05, 0.1) is 7.11 Å². The molecule has 0 aromatic heterocycles. The minimum Gasteiger partial charge on any atom is -0.497 e. The summed E-state index contributed by atoms with van der Waals surface area (Å²) in [5, 5.41) is 0. The first-order valence-corrected chi connectivity index (χ1v) is 9.29. The van der Waals surface area contributed by atoms with Crippen molar-refractivity contribution in [2.24, 2.45) is 5.92 Å². The number of ether oxygens (including phenoxy) is 1. The van der Waals surface area contributed by atoms with Crippen molar-refractivity contribution in [2.45, 2.75) is 31.7 Å². The number of rotatable bonds is 7. The predicted molar refractivity (Wildman–Crippen MR) is 97.3 cm³/mol. The average Bonchev–Trinajstić information content (AvgIpc) is 3.33. The summed E-state index contributed by atoms with van der Waals surface area (Å²) in [6.07, 6.45) is 2.08. The van der Waals surface area contributed by atoms with Crippen molar-refractivity contribution < 1.29 is 13.5 Å². The Kier molecular flexibility index (Phi) is 5.33. The van der Waals surface area contributed by atoms with Crippen LogP contribution in [-0.4, -0.2) is 21.9 Å². The predicted octanol–water partition coefficient (Wildman–Crippen LogP) is 3.97. The molecule has 0 heterocycles. The molecule has 0 aliphatic heterocycles. The Bertz CT molecular complexity index is 717. The fourth-order valence-electron chi connectivity index (χ4n) is 3.32. The first-order valence-electron chi connectivity index (χ1n) is 8.18. The fourth-order valence-corrected chi connectivity index (χ4v) is 3.76. The van der Waals surface area contributed by atoms with Crippen molar-refractivity contribution in [1.82, 2.24) is 4.72 Å². The lowest BCUT2D eigenvalue weighted by molar-refractivity contribution is 0.415. The summed E-state index contributed by atoms with van der Waals surface area (Å²) in [6, 6.07) is 16.8. The van der Waals surface area contributed by atoms with Gasteiger partial charge in [-0.3, -0.25) is 4.55 Å². The average molecular weight is 345 g/mol. The van der Waals surface area contributed by atoms with Gasteiger partial charge in [-0.25, -0.2) is 8.93 Å². The third kappa shape index (κ3) is 4.23. The van der Waals surface area contributed by atoms with E-state index in [4.69, 9.17) is 9.29 Å². The first-order chi connectivity index (χ1) is 11.6. The Morgan fingerprint density at radius 3 is 2.67 bits per heavy atom. The van der Waals surface area contributed by atoms with Gasteiger partial charge in [0.2, 0.25) is 11.3 Å². The molecule has 24 heavy (non-hydrogen) atoms. The molecular weight excluding hydrogens is 322 g/mol. The Balaban J connectivity index is 1.62. The van der Waals surface area contributed by atoms with Crippen LogP contribution in [0.1, 0.15) is 31.2 Å². The van der Waals surface area contributed by atoms with Crippen molar-refractivity contribution in [3.05, 3.63) is 54.1 Å². The molecule has 2 aromatic rings. The topological polar surface area (TPSA) is 58.6 Å². The molecule has 2 aromatic carbocycles. The van der Waals surface area contributed by atoms with Crippen LogP contribution in [0.4, 0.5) is 0 Å². The van der Waals surface area contributed by atoms with Crippen LogP contribution >= 0.6 is 0 Å². The number of hydrogen-bond acceptors (Lipinski definition) is 2. The second-order valence-electron chi connectivity index (χ2n) is 6.46. The number of hydrogen-bond donors (Lipinski definition) is 2. The Labute approximate surface area is 145 Å². The highest BCUT2D eigenvalue weighted by Crippen LogP contribution is 2.50. The molecule has 0 amide bonds. The van der Waals surface area contributed by atoms with E-state index >= 15 is 0 Å². The summed E-state index contributed by atoms with van der Waals surface area (Å²) in [7, 11) is 1.68. The molecule has 1 saturated carbocycles. The Morgan fingerprint density at radius 1 is 1.25 bits per heavy atom. The molecule has 128 valence electrons. The van der Waals surface area contributed by atoms with Gasteiger partial charge in [0.15, 0.2) is 0 Å². The van der Waals surface area contributed by atoms with Crippen LogP contribution in [-0.2, 0) is 11.3 Å². The highest BCUT2D eigenvalue weighted by atomic mass is 32.2. The van der Waals surface area contributed by atoms with Crippen LogP contribution in [0.25, 0.3) is 11.1 Å². The lowest BCUT2D eigenvalue weighted by Gasteiger charge is -2.10. The zero-order chi connectivity index (χ0) is 17.1. The van der Waals surface area contributed by atoms with Gasteiger partial charge in [-0.15, -0.1) is 0 Å². The number of methoxy groups -OCH3 is 1. The molecule has 0 bridgehead atoms. The number of benzene rings is 2. The smallest absolute Gasteiger partial charge is 0.231 e. The maximum absolute atomic E-state index is 10.8. The summed E-state index contributed by atoms with van der Waals surface area (Å²) in [6.45, 7) is 1.95. The molecule has 5 heteroatoms. The third-order valence-corrected chi connectivity index (χ3v) is 5.23. The normalized spacial score (nSPS) is 22.0. The second kappa shape index (κ2) is 7.47. The highest BCUT2D eigenvalue weighted by molar-refractivity contribution is 7.77. The SMILES string of the molecule is COc1cccc(-c2ccc(C3CC3CC(C)NS(=O)O)cc2)c1. The van der Waals surface area contributed by atoms with Gasteiger partial charge in [0, 0.05) is 6.04 Å². The molecule has 1 aliphatic carbocycles. The van der Waals surface area contributed by atoms with Crippen molar-refractivity contribution in [3.63, 3.8) is 0 Å². The van der Waals surface area contributed by atoms with Gasteiger partial charge in [-0.2, -0.15) is 0 Å². The van der Waals surface area contributed by atoms with Gasteiger partial charge in [-0.05, 0) is 60.4 Å². The van der Waals surface area contributed by atoms with E-state index in [9.17, 15) is 4.21 Å². The molecular formula is C19H23NO3S. The van der Waals surface area contributed by atoms with E-state index in [2.05, 4.69) is 35.1 Å². The molecule has 3 rings (SSSR count). The third-order valence-electron chi connectivity index (χ3n) is 4.62. The molecule has 4 unspecified atom stereocenters. The fraction of sp³-hybridized carbons (Fsp3) is 0.368. The van der Waals surface area contributed by atoms with Crippen LogP contribution in [0, 0.1) is 5.92 Å². The van der Waals surface area contributed by atoms with Crippen molar-refractivity contribution in [3.8, 4) is 16.9 Å². The molecule has 2 N–H and O–H groups in total. The van der Waals surface area contributed by atoms with Crippen LogP contribution in [0.3, 0.4) is 0 Å². The standard InChI is InChI=1S/C19H23NO3S/c1-13(20-24(21)22)10-17-12-19(17)15-8-6-14(7-9-15)16-4-3-5-18(11-16)23-2/h3-9,11,13,17,19-20H,10,12H2,1-2H3,(H,21,22). The van der Waals surface area contributed by atoms with Crippen LogP contribution < -0.4 is 9.46 Å². The molecule has 1 fully saturated rings. The van der Waals surface area contributed by atoms with Crippen LogP contribution in [0.2, 0.25) is 0 Å². The van der Waals surface area contributed by atoms with Gasteiger partial charge < -0.3 is 4.74 Å². The second-order valence-corrected chi connectivity index (χ2v) is 7.19. The van der Waals surface area contributed by atoms with E-state index in [1.807, 2.05) is 25.1 Å². The molecule has 0 radical (unpaired) electrons. The largest absolute Gasteiger partial charge is 0.497 e. The van der Waals surface area contributed by atoms with Gasteiger partial charge in [0.25, 0.3) is 0 Å². The molecule has 1 aliphatic rings. The molecule has 0 saturated heterocycles. The maximum atomic E-state index is 10.8. The summed E-state index contributed by atoms with van der Waals surface area (Å²) in [5.41, 5.74) is 3.68. The highest BCUT2D eigenvalue weighted by Gasteiger charge is 2.38. The molecule has 4 atom stereocenters. The van der Waals surface area contributed by atoms with Crippen LogP contribution in [0.5, 0.6) is 5.75 Å². The van der Waals surface area contributed by atoms with Crippen molar-refractivity contribution in [2.75, 3.05) is 7.11 Å². The van der Waals surface area contributed by atoms with Crippen molar-refractivity contribution >= 4 is 11.3 Å². The van der Waals surface area contributed by atoms with Gasteiger partial charge >= 0.3 is 0 Å². The minimum atomic E-state index is -1.93. The van der Waals surface area contributed by atoms with Crippen molar-refractivity contribution in [1.29, 1.82) is 0 Å². The summed E-state index contributed by atoms with van der Waals surface area (Å²) in [5.74, 6) is 2.03. The van der Waals surface area contributed by atoms with E-state index in [0.717, 1.165) is 24.2 Å². The quantitative estimate of drug-likeness (QED) is 0.747. The first kappa shape index (κ1) is 17.1. The summed E-state index contributed by atoms with van der Waals surface area (Å²) >= 11 is -1.93. The minimum absolute atomic E-state index is 0.0573. The van der Waals surface area contributed by atoms with E-state index in [-0.39, 0.29) is 6.04 Å². The number of nitrogens with one attached hydrogen (secondary N) is 1. The molecule has 4 nitrogen and oxygen atoms in total. The van der Waals surface area contributed by atoms with E-state index in [0.29, 0.717) is 11.8 Å². The monoisotopic (exact) mass is 345 g/mol. The Hall–Kier alpha value is -1.69. The maximum Gasteiger partial charge on any atom is 0.231 e. The summed E-state index contributed by atoms with van der Waals surface area (Å²) < 4.78 is 27.6.